The van der Waals surface area contributed by atoms with Gasteiger partial charge in [-0.05, 0) is 65.1 Å². The molecule has 11 rings (SSSR count). The molecule has 0 saturated carbocycles. The predicted octanol–water partition coefficient (Wildman–Crippen LogP) is 9.06. The molecular weight excluding hydrogens is 677 g/mol. The number of rotatable bonds is 0. The number of carbonyl (C=O) groups is 2. The van der Waals surface area contributed by atoms with Gasteiger partial charge in [-0.1, -0.05) is 64.1 Å². The summed E-state index contributed by atoms with van der Waals surface area (Å²) in [7, 11) is 4.22. The van der Waals surface area contributed by atoms with Crippen LogP contribution in [-0.2, 0) is 31.5 Å². The monoisotopic (exact) mass is 716 g/mol. The van der Waals surface area contributed by atoms with E-state index >= 15 is 0 Å². The molecule has 0 unspecified atom stereocenters. The average molecular weight is 717 g/mol. The van der Waals surface area contributed by atoms with Gasteiger partial charge in [0.15, 0.2) is 11.2 Å². The van der Waals surface area contributed by atoms with E-state index in [1.807, 2.05) is 60.7 Å². The zero-order valence-corrected chi connectivity index (χ0v) is 31.3. The standard InChI is InChI=1S/C46H40N2O6/c1-43(2)15-17-47(5)35-22-37-31(19-29(35)43)45(27-13-9-7-11-25(27)41(49)53-45)33-21-34-40(24-39(33)51-37)52-38-23-36-30(44(3,4)16-18-48(36)6)20-32(38)46(34)28-14-10-8-12-26(28)42(50)54-46/h7-14,19-24H,15-18H2,1-6H3/t45-,46+. The number of ether oxygens (including phenoxy) is 4. The molecule has 6 aliphatic heterocycles. The molecule has 0 aliphatic carbocycles. The van der Waals surface area contributed by atoms with Gasteiger partial charge in [-0.3, -0.25) is 0 Å². The number of carbonyl (C=O) groups excluding carboxylic acids is 2. The van der Waals surface area contributed by atoms with Gasteiger partial charge in [0.25, 0.3) is 0 Å². The van der Waals surface area contributed by atoms with Gasteiger partial charge in [-0.15, -0.1) is 0 Å². The quantitative estimate of drug-likeness (QED) is 0.147. The number of hydrogen-bond donors (Lipinski definition) is 0. The molecular formula is C46H40N2O6. The fraction of sp³-hybridized carbons (Fsp3) is 0.304. The first-order valence-electron chi connectivity index (χ1n) is 18.8. The van der Waals surface area contributed by atoms with E-state index < -0.39 is 23.1 Å². The van der Waals surface area contributed by atoms with E-state index in [0.717, 1.165) is 59.6 Å². The van der Waals surface area contributed by atoms with Gasteiger partial charge < -0.3 is 28.7 Å². The second-order valence-corrected chi connectivity index (χ2v) is 17.1. The highest BCUT2D eigenvalue weighted by atomic mass is 16.6. The van der Waals surface area contributed by atoms with Crippen LogP contribution in [0.4, 0.5) is 11.4 Å². The number of fused-ring (bicyclic) bond motifs is 14. The molecule has 0 aromatic heterocycles. The minimum Gasteiger partial charge on any atom is -0.456 e. The van der Waals surface area contributed by atoms with Crippen LogP contribution in [0.1, 0.15) is 106 Å². The van der Waals surface area contributed by atoms with Crippen molar-refractivity contribution in [2.45, 2.75) is 62.6 Å². The Morgan fingerprint density at radius 3 is 1.28 bits per heavy atom. The molecule has 2 spiro atoms. The zero-order valence-electron chi connectivity index (χ0n) is 31.3. The van der Waals surface area contributed by atoms with Gasteiger partial charge in [0, 0.05) is 90.1 Å². The third-order valence-corrected chi connectivity index (χ3v) is 13.2. The maximum absolute atomic E-state index is 14.0. The lowest BCUT2D eigenvalue weighted by atomic mass is 9.70. The third kappa shape index (κ3) is 3.78. The first kappa shape index (κ1) is 31.7. The highest BCUT2D eigenvalue weighted by Gasteiger charge is 2.59. The summed E-state index contributed by atoms with van der Waals surface area (Å²) in [6, 6.07) is 27.7. The Morgan fingerprint density at radius 2 is 0.852 bits per heavy atom. The highest BCUT2D eigenvalue weighted by molar-refractivity contribution is 5.98. The van der Waals surface area contributed by atoms with Gasteiger partial charge in [-0.25, -0.2) is 9.59 Å². The van der Waals surface area contributed by atoms with Gasteiger partial charge >= 0.3 is 11.9 Å². The third-order valence-electron chi connectivity index (χ3n) is 13.2. The van der Waals surface area contributed by atoms with Gasteiger partial charge in [0.1, 0.15) is 23.0 Å². The molecule has 0 fully saturated rings. The normalized spacial score (nSPS) is 24.1. The minimum atomic E-state index is -1.34. The smallest absolute Gasteiger partial charge is 0.340 e. The molecule has 8 nitrogen and oxygen atoms in total. The minimum absolute atomic E-state index is 0.124. The van der Waals surface area contributed by atoms with E-state index in [2.05, 4.69) is 75.9 Å². The number of esters is 2. The van der Waals surface area contributed by atoms with Gasteiger partial charge in [0.2, 0.25) is 0 Å². The molecule has 0 amide bonds. The molecule has 2 atom stereocenters. The number of hydrogen-bond acceptors (Lipinski definition) is 8. The molecule has 54 heavy (non-hydrogen) atoms. The fourth-order valence-electron chi connectivity index (χ4n) is 10.0. The lowest BCUT2D eigenvalue weighted by Crippen LogP contribution is -2.39. The Labute approximate surface area is 314 Å². The maximum Gasteiger partial charge on any atom is 0.340 e. The van der Waals surface area contributed by atoms with Crippen molar-refractivity contribution in [2.75, 3.05) is 37.0 Å². The second kappa shape index (κ2) is 10.1. The van der Waals surface area contributed by atoms with Crippen LogP contribution in [0.3, 0.4) is 0 Å². The lowest BCUT2D eigenvalue weighted by Gasteiger charge is -2.44. The molecule has 5 aromatic carbocycles. The fourth-order valence-corrected chi connectivity index (χ4v) is 10.0. The van der Waals surface area contributed by atoms with Crippen LogP contribution in [0, 0.1) is 0 Å². The number of benzene rings is 5. The van der Waals surface area contributed by atoms with E-state index in [1.54, 1.807) is 0 Å². The summed E-state index contributed by atoms with van der Waals surface area (Å²) in [5.74, 6) is 1.46. The molecule has 5 aromatic rings. The van der Waals surface area contributed by atoms with Crippen molar-refractivity contribution in [1.29, 1.82) is 0 Å². The molecule has 0 bridgehead atoms. The van der Waals surface area contributed by atoms with E-state index in [4.69, 9.17) is 18.9 Å². The van der Waals surface area contributed by atoms with E-state index in [1.165, 1.54) is 11.1 Å². The van der Waals surface area contributed by atoms with Crippen molar-refractivity contribution in [2.24, 2.45) is 0 Å². The molecule has 0 saturated heterocycles. The Balaban J connectivity index is 1.23. The maximum atomic E-state index is 14.0. The van der Waals surface area contributed by atoms with Crippen LogP contribution in [0.25, 0.3) is 0 Å². The summed E-state index contributed by atoms with van der Waals surface area (Å²) in [5, 5.41) is 0. The summed E-state index contributed by atoms with van der Waals surface area (Å²) in [6.45, 7) is 10.9. The Morgan fingerprint density at radius 1 is 0.481 bits per heavy atom. The van der Waals surface area contributed by atoms with Gasteiger partial charge in [0.05, 0.1) is 11.1 Å². The predicted molar refractivity (Wildman–Crippen MR) is 205 cm³/mol. The topological polar surface area (TPSA) is 77.5 Å². The van der Waals surface area contributed by atoms with Crippen LogP contribution in [0.5, 0.6) is 23.0 Å². The summed E-state index contributed by atoms with van der Waals surface area (Å²) in [4.78, 5) is 32.5. The molecule has 6 aliphatic rings. The Kier molecular flexibility index (Phi) is 5.91. The summed E-state index contributed by atoms with van der Waals surface area (Å²) < 4.78 is 27.3. The molecule has 0 N–H and O–H groups in total. The Bertz CT molecular complexity index is 2400. The first-order valence-corrected chi connectivity index (χ1v) is 18.8. The average Bonchev–Trinajstić information content (AvgIpc) is 3.62. The van der Waals surface area contributed by atoms with Crippen LogP contribution in [-0.4, -0.2) is 39.1 Å². The molecule has 6 heterocycles. The Hall–Kier alpha value is -5.76. The van der Waals surface area contributed by atoms with Crippen LogP contribution in [0.2, 0.25) is 0 Å². The highest BCUT2D eigenvalue weighted by Crippen LogP contribution is 2.64. The number of anilines is 2. The molecule has 0 radical (unpaired) electrons. The first-order chi connectivity index (χ1) is 25.8. The van der Waals surface area contributed by atoms with E-state index in [-0.39, 0.29) is 10.8 Å². The van der Waals surface area contributed by atoms with Crippen molar-refractivity contribution < 1.29 is 28.5 Å². The molecule has 8 heteroatoms. The summed E-state index contributed by atoms with van der Waals surface area (Å²) in [6.07, 6.45) is 1.95. The largest absolute Gasteiger partial charge is 0.456 e. The van der Waals surface area contributed by atoms with Gasteiger partial charge in [-0.2, -0.15) is 0 Å². The van der Waals surface area contributed by atoms with Crippen molar-refractivity contribution in [3.8, 4) is 23.0 Å². The lowest BCUT2D eigenvalue weighted by molar-refractivity contribution is 0.0207. The van der Waals surface area contributed by atoms with E-state index in [9.17, 15) is 9.59 Å². The van der Waals surface area contributed by atoms with Crippen LogP contribution in [0.15, 0.2) is 84.9 Å². The van der Waals surface area contributed by atoms with Crippen LogP contribution >= 0.6 is 0 Å². The van der Waals surface area contributed by atoms with Crippen molar-refractivity contribution in [3.05, 3.63) is 141 Å². The second-order valence-electron chi connectivity index (χ2n) is 17.1. The zero-order chi connectivity index (χ0) is 37.1. The number of nitrogens with zero attached hydrogens (tertiary/aromatic N) is 2. The summed E-state index contributed by atoms with van der Waals surface area (Å²) >= 11 is 0. The van der Waals surface area contributed by atoms with Crippen LogP contribution < -0.4 is 19.3 Å². The van der Waals surface area contributed by atoms with Crippen molar-refractivity contribution in [3.63, 3.8) is 0 Å². The summed E-state index contributed by atoms with van der Waals surface area (Å²) in [5.41, 5.74) is 6.96. The van der Waals surface area contributed by atoms with E-state index in [0.29, 0.717) is 45.3 Å². The van der Waals surface area contributed by atoms with Crippen molar-refractivity contribution >= 4 is 23.3 Å². The van der Waals surface area contributed by atoms with Crippen molar-refractivity contribution in [1.82, 2.24) is 0 Å². The molecule has 270 valence electrons. The SMILES string of the molecule is CN1CCC(C)(C)c2cc3c(cc21)Oc1cc2c(cc1[C@]31OC(=O)c3ccccc31)[C@@]1(OC(=O)c3ccccc31)c1cc3c(cc1O2)N(C)CCC3(C)C.